The van der Waals surface area contributed by atoms with Gasteiger partial charge in [0.05, 0.1) is 0 Å². The second-order valence-corrected chi connectivity index (χ2v) is 6.29. The van der Waals surface area contributed by atoms with Gasteiger partial charge in [-0.15, -0.1) is 0 Å². The lowest BCUT2D eigenvalue weighted by molar-refractivity contribution is 0.0939. The van der Waals surface area contributed by atoms with Gasteiger partial charge < -0.3 is 5.32 Å². The normalized spacial score (nSPS) is 11.2. The molecule has 0 radical (unpaired) electrons. The number of Topliss-reactive ketones (excluding diaryl/α,β-unsaturated/α-hetero) is 1. The molecule has 2 heteroatoms. The Morgan fingerprint density at radius 2 is 1.68 bits per heavy atom. The third-order valence-corrected chi connectivity index (χ3v) is 3.70. The fourth-order valence-corrected chi connectivity index (χ4v) is 2.44. The molecule has 0 aliphatic rings. The molecule has 0 spiro atoms. The van der Waals surface area contributed by atoms with Crippen LogP contribution >= 0.6 is 0 Å². The van der Waals surface area contributed by atoms with Crippen molar-refractivity contribution >= 4 is 5.78 Å². The zero-order chi connectivity index (χ0) is 16.1. The van der Waals surface area contributed by atoms with Gasteiger partial charge in [-0.3, -0.25) is 4.79 Å². The van der Waals surface area contributed by atoms with Crippen molar-refractivity contribution in [2.45, 2.75) is 40.3 Å². The van der Waals surface area contributed by atoms with Gasteiger partial charge in [-0.2, -0.15) is 0 Å². The molecule has 116 valence electrons. The Morgan fingerprint density at radius 3 is 2.27 bits per heavy atom. The van der Waals surface area contributed by atoms with Crippen molar-refractivity contribution in [1.29, 1.82) is 0 Å². The summed E-state index contributed by atoms with van der Waals surface area (Å²) in [7, 11) is 0. The van der Waals surface area contributed by atoms with E-state index in [1.165, 1.54) is 16.7 Å². The number of hydrogen-bond acceptors (Lipinski definition) is 2. The van der Waals surface area contributed by atoms with Crippen molar-refractivity contribution < 1.29 is 4.79 Å². The molecule has 0 saturated carbocycles. The molecule has 0 amide bonds. The summed E-state index contributed by atoms with van der Waals surface area (Å²) < 4.78 is 0. The van der Waals surface area contributed by atoms with Crippen LogP contribution in [0.1, 0.15) is 43.6 Å². The quantitative estimate of drug-likeness (QED) is 0.783. The Hall–Kier alpha value is -1.93. The predicted molar refractivity (Wildman–Crippen MR) is 93.0 cm³/mol. The van der Waals surface area contributed by atoms with E-state index in [2.05, 4.69) is 37.4 Å². The zero-order valence-electron chi connectivity index (χ0n) is 13.9. The molecule has 0 atom stereocenters. The minimum absolute atomic E-state index is 0.0217. The smallest absolute Gasteiger partial charge is 0.165 e. The summed E-state index contributed by atoms with van der Waals surface area (Å²) in [5.74, 6) is 0.221. The van der Waals surface area contributed by atoms with Gasteiger partial charge in [0, 0.05) is 24.1 Å². The van der Waals surface area contributed by atoms with Crippen LogP contribution in [0.15, 0.2) is 48.5 Å². The topological polar surface area (TPSA) is 29.1 Å². The molecule has 0 bridgehead atoms. The van der Waals surface area contributed by atoms with E-state index < -0.39 is 0 Å². The molecular weight excluding hydrogens is 270 g/mol. The van der Waals surface area contributed by atoms with E-state index in [1.54, 1.807) is 0 Å². The van der Waals surface area contributed by atoms with Crippen LogP contribution in [0.4, 0.5) is 0 Å². The number of ketones is 1. The van der Waals surface area contributed by atoms with Crippen LogP contribution in [-0.4, -0.2) is 11.8 Å². The Kier molecular flexibility index (Phi) is 5.51. The lowest BCUT2D eigenvalue weighted by Crippen LogP contribution is -2.22. The van der Waals surface area contributed by atoms with Crippen LogP contribution in [0, 0.1) is 5.92 Å². The molecule has 2 nitrogen and oxygen atoms in total. The highest BCUT2D eigenvalue weighted by Gasteiger charge is 2.13. The van der Waals surface area contributed by atoms with Gasteiger partial charge in [-0.1, -0.05) is 70.2 Å². The lowest BCUT2D eigenvalue weighted by Gasteiger charge is -2.15. The van der Waals surface area contributed by atoms with E-state index in [0.29, 0.717) is 6.04 Å². The molecule has 2 aromatic rings. The summed E-state index contributed by atoms with van der Waals surface area (Å²) in [4.78, 5) is 12.3. The highest BCUT2D eigenvalue weighted by Crippen LogP contribution is 2.25. The van der Waals surface area contributed by atoms with Crippen molar-refractivity contribution in [3.8, 4) is 11.1 Å². The summed E-state index contributed by atoms with van der Waals surface area (Å²) in [5, 5.41) is 3.46. The first kappa shape index (κ1) is 16.4. The van der Waals surface area contributed by atoms with Crippen molar-refractivity contribution in [1.82, 2.24) is 5.32 Å². The van der Waals surface area contributed by atoms with E-state index in [9.17, 15) is 4.79 Å². The Morgan fingerprint density at radius 1 is 1.00 bits per heavy atom. The van der Waals surface area contributed by atoms with Gasteiger partial charge >= 0.3 is 0 Å². The number of hydrogen-bond donors (Lipinski definition) is 1. The van der Waals surface area contributed by atoms with Crippen LogP contribution in [0.2, 0.25) is 0 Å². The molecule has 1 N–H and O–H groups in total. The highest BCUT2D eigenvalue weighted by atomic mass is 16.1. The minimum Gasteiger partial charge on any atom is -0.310 e. The maximum atomic E-state index is 12.3. The molecule has 0 aliphatic heterocycles. The fourth-order valence-electron chi connectivity index (χ4n) is 2.44. The molecular formula is C20H25NO. The summed E-state index contributed by atoms with van der Waals surface area (Å²) >= 11 is 0. The summed E-state index contributed by atoms with van der Waals surface area (Å²) in [6.45, 7) is 8.91. The largest absolute Gasteiger partial charge is 0.310 e. The number of carbonyl (C=O) groups excluding carboxylic acids is 1. The van der Waals surface area contributed by atoms with Crippen LogP contribution in [-0.2, 0) is 6.54 Å². The van der Waals surface area contributed by atoms with E-state index >= 15 is 0 Å². The molecule has 0 heterocycles. The van der Waals surface area contributed by atoms with Gasteiger partial charge in [0.25, 0.3) is 0 Å². The number of carbonyl (C=O) groups is 1. The summed E-state index contributed by atoms with van der Waals surface area (Å²) in [5.41, 5.74) is 4.35. The van der Waals surface area contributed by atoms with Gasteiger partial charge in [0.15, 0.2) is 5.78 Å². The second-order valence-electron chi connectivity index (χ2n) is 6.29. The number of benzene rings is 2. The standard InChI is InChI=1S/C20H25NO/c1-14(2)20(22)17-10-11-19(16-8-6-5-7-9-16)18(12-17)13-21-15(3)4/h5-12,14-15,21H,13H2,1-4H3. The SMILES string of the molecule is CC(C)NCc1cc(C(=O)C(C)C)ccc1-c1ccccc1. The second kappa shape index (κ2) is 7.37. The van der Waals surface area contributed by atoms with Gasteiger partial charge in [-0.25, -0.2) is 0 Å². The molecule has 0 aromatic heterocycles. The average Bonchev–Trinajstić information content (AvgIpc) is 2.52. The third-order valence-electron chi connectivity index (χ3n) is 3.70. The van der Waals surface area contributed by atoms with E-state index in [4.69, 9.17) is 0 Å². The fraction of sp³-hybridized carbons (Fsp3) is 0.350. The maximum absolute atomic E-state index is 12.3. The highest BCUT2D eigenvalue weighted by molar-refractivity contribution is 5.98. The molecule has 0 unspecified atom stereocenters. The molecule has 0 aliphatic carbocycles. The monoisotopic (exact) mass is 295 g/mol. The molecule has 2 rings (SSSR count). The first-order valence-corrected chi connectivity index (χ1v) is 7.95. The van der Waals surface area contributed by atoms with Gasteiger partial charge in [0.1, 0.15) is 0 Å². The number of rotatable bonds is 6. The first-order chi connectivity index (χ1) is 10.5. The summed E-state index contributed by atoms with van der Waals surface area (Å²) in [6, 6.07) is 16.8. The average molecular weight is 295 g/mol. The Bertz CT molecular complexity index is 629. The molecule has 2 aromatic carbocycles. The lowest BCUT2D eigenvalue weighted by atomic mass is 9.93. The van der Waals surface area contributed by atoms with Crippen LogP contribution in [0.5, 0.6) is 0 Å². The minimum atomic E-state index is 0.0217. The van der Waals surface area contributed by atoms with Gasteiger partial charge in [-0.05, 0) is 22.8 Å². The van der Waals surface area contributed by atoms with Crippen LogP contribution in [0.25, 0.3) is 11.1 Å². The van der Waals surface area contributed by atoms with E-state index in [0.717, 1.165) is 12.1 Å². The van der Waals surface area contributed by atoms with Crippen molar-refractivity contribution in [2.24, 2.45) is 5.92 Å². The number of nitrogens with one attached hydrogen (secondary N) is 1. The Labute approximate surface area is 133 Å². The maximum Gasteiger partial charge on any atom is 0.165 e. The predicted octanol–water partition coefficient (Wildman–Crippen LogP) is 4.69. The molecule has 0 saturated heterocycles. The summed E-state index contributed by atoms with van der Waals surface area (Å²) in [6.07, 6.45) is 0. The Balaban J connectivity index is 2.42. The first-order valence-electron chi connectivity index (χ1n) is 7.95. The van der Waals surface area contributed by atoms with Crippen molar-refractivity contribution in [3.63, 3.8) is 0 Å². The van der Waals surface area contributed by atoms with Gasteiger partial charge in [0.2, 0.25) is 0 Å². The van der Waals surface area contributed by atoms with Crippen molar-refractivity contribution in [3.05, 3.63) is 59.7 Å². The van der Waals surface area contributed by atoms with E-state index in [1.807, 2.05) is 44.2 Å². The van der Waals surface area contributed by atoms with E-state index in [-0.39, 0.29) is 11.7 Å². The van der Waals surface area contributed by atoms with Crippen LogP contribution < -0.4 is 5.32 Å². The molecule has 22 heavy (non-hydrogen) atoms. The molecule has 0 fully saturated rings. The van der Waals surface area contributed by atoms with Crippen molar-refractivity contribution in [2.75, 3.05) is 0 Å². The van der Waals surface area contributed by atoms with Crippen LogP contribution in [0.3, 0.4) is 0 Å². The third kappa shape index (κ3) is 4.05. The zero-order valence-corrected chi connectivity index (χ0v) is 13.9.